The second-order valence-electron chi connectivity index (χ2n) is 13.7. The van der Waals surface area contributed by atoms with E-state index in [-0.39, 0.29) is 13.2 Å². The first-order chi connectivity index (χ1) is 20.7. The van der Waals surface area contributed by atoms with Gasteiger partial charge in [-0.25, -0.2) is 0 Å². The molecule has 2 N–H and O–H groups in total. The van der Waals surface area contributed by atoms with Gasteiger partial charge in [0.2, 0.25) is 0 Å². The van der Waals surface area contributed by atoms with Gasteiger partial charge in [-0.3, -0.25) is 0 Å². The Labute approximate surface area is 265 Å². The number of hydrogen-bond acceptors (Lipinski definition) is 3. The summed E-state index contributed by atoms with van der Waals surface area (Å²) in [4.78, 5) is 0. The van der Waals surface area contributed by atoms with Crippen molar-refractivity contribution < 1.29 is 14.9 Å². The second kappa shape index (κ2) is 37.1. The molecule has 2 atom stereocenters. The molecule has 2 unspecified atom stereocenters. The Balaban J connectivity index is 3.70. The molecule has 3 nitrogen and oxygen atoms in total. The summed E-state index contributed by atoms with van der Waals surface area (Å²) in [6, 6.07) is 0. The van der Waals surface area contributed by atoms with Gasteiger partial charge in [0, 0.05) is 6.61 Å². The molecule has 0 aliphatic carbocycles. The van der Waals surface area contributed by atoms with E-state index >= 15 is 0 Å². The monoisotopic (exact) mass is 597 g/mol. The van der Waals surface area contributed by atoms with Crippen molar-refractivity contribution in [3.63, 3.8) is 0 Å². The van der Waals surface area contributed by atoms with E-state index in [4.69, 9.17) is 9.84 Å². The molecule has 0 aromatic heterocycles. The summed E-state index contributed by atoms with van der Waals surface area (Å²) in [7, 11) is 0. The van der Waals surface area contributed by atoms with Crippen LogP contribution in [0, 0.1) is 5.92 Å². The van der Waals surface area contributed by atoms with Gasteiger partial charge in [0.05, 0.1) is 13.2 Å². The van der Waals surface area contributed by atoms with Crippen LogP contribution in [0.2, 0.25) is 0 Å². The Kier molecular flexibility index (Phi) is 37.0. The van der Waals surface area contributed by atoms with Crippen molar-refractivity contribution in [1.29, 1.82) is 0 Å². The highest BCUT2D eigenvalue weighted by Gasteiger charge is 2.11. The van der Waals surface area contributed by atoms with Crippen molar-refractivity contribution in [3.8, 4) is 0 Å². The van der Waals surface area contributed by atoms with Crippen LogP contribution in [0.1, 0.15) is 219 Å². The van der Waals surface area contributed by atoms with Crippen molar-refractivity contribution in [2.75, 3.05) is 19.8 Å². The highest BCUT2D eigenvalue weighted by molar-refractivity contribution is 4.62. The number of hydrogen-bond donors (Lipinski definition) is 2. The zero-order chi connectivity index (χ0) is 30.6. The Morgan fingerprint density at radius 3 is 0.905 bits per heavy atom. The van der Waals surface area contributed by atoms with Crippen LogP contribution in [0.3, 0.4) is 0 Å². The summed E-state index contributed by atoms with van der Waals surface area (Å²) in [5.41, 5.74) is 0. The summed E-state index contributed by atoms with van der Waals surface area (Å²) < 4.78 is 5.79. The van der Waals surface area contributed by atoms with Gasteiger partial charge in [-0.1, -0.05) is 206 Å². The third kappa shape index (κ3) is 34.4. The Hall–Kier alpha value is -0.120. The van der Waals surface area contributed by atoms with Crippen LogP contribution < -0.4 is 0 Å². The fourth-order valence-corrected chi connectivity index (χ4v) is 6.34. The maximum absolute atomic E-state index is 9.63. The molecule has 0 aliphatic rings. The number of rotatable bonds is 37. The molecular weight excluding hydrogens is 516 g/mol. The summed E-state index contributed by atoms with van der Waals surface area (Å²) in [6.07, 6.45) is 44.2. The minimum absolute atomic E-state index is 0.206. The van der Waals surface area contributed by atoms with E-state index in [1.165, 1.54) is 205 Å². The molecule has 0 amide bonds. The zero-order valence-corrected chi connectivity index (χ0v) is 29.2. The van der Waals surface area contributed by atoms with Crippen LogP contribution in [-0.2, 0) is 4.74 Å². The SMILES string of the molecule is CCCCCCCCCCCCCCCCCCC(CCCCCCCCCCCCCCCC)COCC(O)CO. The predicted molar refractivity (Wildman–Crippen MR) is 186 cm³/mol. The van der Waals surface area contributed by atoms with Crippen molar-refractivity contribution >= 4 is 0 Å². The summed E-state index contributed by atoms with van der Waals surface area (Å²) in [5, 5.41) is 18.7. The Bertz CT molecular complexity index is 469. The molecule has 0 fully saturated rings. The minimum atomic E-state index is -0.734. The normalized spacial score (nSPS) is 13.1. The maximum Gasteiger partial charge on any atom is 0.100 e. The molecule has 0 heterocycles. The van der Waals surface area contributed by atoms with Crippen LogP contribution in [0.4, 0.5) is 0 Å². The largest absolute Gasteiger partial charge is 0.394 e. The number of aliphatic hydroxyl groups excluding tert-OH is 2. The lowest BCUT2D eigenvalue weighted by Crippen LogP contribution is -2.22. The number of ether oxygens (including phenoxy) is 1. The molecule has 0 aromatic carbocycles. The summed E-state index contributed by atoms with van der Waals surface area (Å²) in [6.45, 7) is 5.40. The summed E-state index contributed by atoms with van der Waals surface area (Å²) in [5.74, 6) is 0.611. The van der Waals surface area contributed by atoms with E-state index in [1.807, 2.05) is 0 Å². The predicted octanol–water partition coefficient (Wildman–Crippen LogP) is 12.5. The van der Waals surface area contributed by atoms with E-state index in [1.54, 1.807) is 0 Å². The molecule has 0 rings (SSSR count). The molecule has 42 heavy (non-hydrogen) atoms. The van der Waals surface area contributed by atoms with Crippen molar-refractivity contribution in [1.82, 2.24) is 0 Å². The molecule has 0 spiro atoms. The first kappa shape index (κ1) is 41.9. The lowest BCUT2D eigenvalue weighted by atomic mass is 9.94. The number of unbranched alkanes of at least 4 members (excludes halogenated alkanes) is 28. The molecule has 0 bridgehead atoms. The van der Waals surface area contributed by atoms with Crippen LogP contribution in [0.25, 0.3) is 0 Å². The van der Waals surface area contributed by atoms with Gasteiger partial charge >= 0.3 is 0 Å². The van der Waals surface area contributed by atoms with E-state index in [2.05, 4.69) is 13.8 Å². The molecule has 0 aromatic rings. The van der Waals surface area contributed by atoms with Crippen molar-refractivity contribution in [2.45, 2.75) is 225 Å². The van der Waals surface area contributed by atoms with E-state index in [9.17, 15) is 5.11 Å². The first-order valence-corrected chi connectivity index (χ1v) is 19.6. The van der Waals surface area contributed by atoms with Gasteiger partial charge in [-0.2, -0.15) is 0 Å². The average Bonchev–Trinajstić information content (AvgIpc) is 3.00. The van der Waals surface area contributed by atoms with Crippen molar-refractivity contribution in [3.05, 3.63) is 0 Å². The van der Waals surface area contributed by atoms with Gasteiger partial charge in [-0.15, -0.1) is 0 Å². The van der Waals surface area contributed by atoms with E-state index < -0.39 is 6.10 Å². The molecule has 3 heteroatoms. The average molecular weight is 597 g/mol. The van der Waals surface area contributed by atoms with Crippen LogP contribution in [0.5, 0.6) is 0 Å². The molecule has 0 radical (unpaired) electrons. The van der Waals surface area contributed by atoms with E-state index in [0.29, 0.717) is 5.92 Å². The minimum Gasteiger partial charge on any atom is -0.394 e. The van der Waals surface area contributed by atoms with Gasteiger partial charge in [-0.05, 0) is 18.8 Å². The Morgan fingerprint density at radius 2 is 0.643 bits per heavy atom. The standard InChI is InChI=1S/C39H80O3/c1-3-5-7-9-11-13-15-17-19-20-22-24-26-28-30-32-34-38(36-42-37-39(41)35-40)33-31-29-27-25-23-21-18-16-14-12-10-8-6-4-2/h38-41H,3-37H2,1-2H3. The molecule has 254 valence electrons. The van der Waals surface area contributed by atoms with Crippen LogP contribution in [-0.4, -0.2) is 36.1 Å². The first-order valence-electron chi connectivity index (χ1n) is 19.6. The summed E-state index contributed by atoms with van der Waals surface area (Å²) >= 11 is 0. The fraction of sp³-hybridized carbons (Fsp3) is 1.00. The van der Waals surface area contributed by atoms with Crippen molar-refractivity contribution in [2.24, 2.45) is 5.92 Å². The maximum atomic E-state index is 9.63. The third-order valence-corrected chi connectivity index (χ3v) is 9.31. The molecular formula is C39H80O3. The second-order valence-corrected chi connectivity index (χ2v) is 13.7. The number of aliphatic hydroxyl groups is 2. The highest BCUT2D eigenvalue weighted by atomic mass is 16.5. The quantitative estimate of drug-likeness (QED) is 0.0701. The van der Waals surface area contributed by atoms with Gasteiger partial charge < -0.3 is 14.9 Å². The van der Waals surface area contributed by atoms with Gasteiger partial charge in [0.25, 0.3) is 0 Å². The lowest BCUT2D eigenvalue weighted by molar-refractivity contribution is -0.00677. The van der Waals surface area contributed by atoms with Crippen LogP contribution >= 0.6 is 0 Å². The smallest absolute Gasteiger partial charge is 0.100 e. The highest BCUT2D eigenvalue weighted by Crippen LogP contribution is 2.21. The molecule has 0 saturated carbocycles. The topological polar surface area (TPSA) is 49.7 Å². The molecule has 0 aliphatic heterocycles. The van der Waals surface area contributed by atoms with Gasteiger partial charge in [0.1, 0.15) is 6.10 Å². The van der Waals surface area contributed by atoms with Crippen LogP contribution in [0.15, 0.2) is 0 Å². The fourth-order valence-electron chi connectivity index (χ4n) is 6.34. The Morgan fingerprint density at radius 1 is 0.381 bits per heavy atom. The van der Waals surface area contributed by atoms with E-state index in [0.717, 1.165) is 6.61 Å². The molecule has 0 saturated heterocycles. The zero-order valence-electron chi connectivity index (χ0n) is 29.2. The lowest BCUT2D eigenvalue weighted by Gasteiger charge is -2.18. The third-order valence-electron chi connectivity index (χ3n) is 9.31. The van der Waals surface area contributed by atoms with Gasteiger partial charge in [0.15, 0.2) is 0 Å².